The topological polar surface area (TPSA) is 52.6 Å². The summed E-state index contributed by atoms with van der Waals surface area (Å²) in [4.78, 5) is 11.3. The van der Waals surface area contributed by atoms with E-state index in [1.807, 2.05) is 0 Å². The molecule has 20 heavy (non-hydrogen) atoms. The average Bonchev–Trinajstić information content (AvgIpc) is 2.40. The van der Waals surface area contributed by atoms with Crippen LogP contribution in [0.5, 0.6) is 0 Å². The number of nitrogens with one attached hydrogen (secondary N) is 1. The van der Waals surface area contributed by atoms with Crippen LogP contribution in [0.2, 0.25) is 0 Å². The monoisotopic (exact) mass is 300 g/mol. The Morgan fingerprint density at radius 1 is 1.20 bits per heavy atom. The Bertz CT molecular complexity index is 306. The molecule has 2 atom stereocenters. The van der Waals surface area contributed by atoms with Crippen LogP contribution in [0, 0.1) is 0 Å². The Hall–Kier alpha value is -0.890. The first kappa shape index (κ1) is 17.2. The summed E-state index contributed by atoms with van der Waals surface area (Å²) < 4.78 is 45.3. The van der Waals surface area contributed by atoms with E-state index in [4.69, 9.17) is 9.90 Å². The van der Waals surface area contributed by atoms with Gasteiger partial charge in [-0.2, -0.15) is 13.2 Å². The molecular weight excluding hydrogens is 280 g/mol. The second-order valence-corrected chi connectivity index (χ2v) is 4.98. The number of alkyl halides is 4. The van der Waals surface area contributed by atoms with Crippen LogP contribution < -0.4 is 5.32 Å². The van der Waals surface area contributed by atoms with Gasteiger partial charge in [0.15, 0.2) is 0 Å². The average molecular weight is 300 g/mol. The molecule has 0 radical (unpaired) electrons. The first-order valence-electron chi connectivity index (χ1n) is 6.71. The smallest absolute Gasteiger partial charge is 0.475 e. The van der Waals surface area contributed by atoms with Crippen LogP contribution in [0.3, 0.4) is 0 Å². The predicted octanol–water partition coefficient (Wildman–Crippen LogP) is 1.81. The summed E-state index contributed by atoms with van der Waals surface area (Å²) in [5, 5.41) is 10.2. The van der Waals surface area contributed by atoms with Gasteiger partial charge in [0.25, 0.3) is 0 Å². The first-order chi connectivity index (χ1) is 9.32. The Labute approximate surface area is 115 Å². The van der Waals surface area contributed by atoms with E-state index < -0.39 is 18.3 Å². The standard InChI is InChI=1S/C10H19FN2.C2HF3O2/c11-9-8-12-5-4-10(9)13-6-2-1-3-7-13;3-2(4,5)1(6)7/h9-10,12H,1-8H2;(H,6,7). The van der Waals surface area contributed by atoms with Crippen molar-refractivity contribution in [2.75, 3.05) is 26.2 Å². The van der Waals surface area contributed by atoms with Gasteiger partial charge in [0.1, 0.15) is 6.17 Å². The third kappa shape index (κ3) is 5.62. The number of hydrogen-bond acceptors (Lipinski definition) is 3. The second kappa shape index (κ2) is 7.78. The molecule has 2 unspecified atom stereocenters. The summed E-state index contributed by atoms with van der Waals surface area (Å²) >= 11 is 0. The minimum atomic E-state index is -5.08. The number of aliphatic carboxylic acids is 1. The second-order valence-electron chi connectivity index (χ2n) is 4.98. The van der Waals surface area contributed by atoms with E-state index in [2.05, 4.69) is 10.2 Å². The van der Waals surface area contributed by atoms with Crippen LogP contribution in [0.15, 0.2) is 0 Å². The highest BCUT2D eigenvalue weighted by Crippen LogP contribution is 2.19. The zero-order valence-electron chi connectivity index (χ0n) is 11.1. The van der Waals surface area contributed by atoms with E-state index in [9.17, 15) is 17.6 Å². The SMILES string of the molecule is FC1CNCCC1N1CCCCC1.O=C(O)C(F)(F)F. The molecule has 2 N–H and O–H groups in total. The molecule has 118 valence electrons. The van der Waals surface area contributed by atoms with Gasteiger partial charge in [-0.3, -0.25) is 4.90 Å². The van der Waals surface area contributed by atoms with Crippen LogP contribution in [-0.4, -0.2) is 60.5 Å². The Balaban J connectivity index is 0.000000246. The lowest BCUT2D eigenvalue weighted by Crippen LogP contribution is -2.52. The fraction of sp³-hybridized carbons (Fsp3) is 0.917. The molecule has 0 aliphatic carbocycles. The quantitative estimate of drug-likeness (QED) is 0.725. The number of likely N-dealkylation sites (tertiary alicyclic amines) is 1. The maximum atomic E-state index is 13.5. The fourth-order valence-electron chi connectivity index (χ4n) is 2.47. The molecule has 0 aromatic heterocycles. The lowest BCUT2D eigenvalue weighted by Gasteiger charge is -2.38. The number of halogens is 4. The third-order valence-corrected chi connectivity index (χ3v) is 3.48. The van der Waals surface area contributed by atoms with E-state index in [0.29, 0.717) is 6.54 Å². The molecule has 8 heteroatoms. The molecule has 2 fully saturated rings. The van der Waals surface area contributed by atoms with Gasteiger partial charge in [0.2, 0.25) is 0 Å². The van der Waals surface area contributed by atoms with Gasteiger partial charge < -0.3 is 10.4 Å². The highest BCUT2D eigenvalue weighted by Gasteiger charge is 2.38. The van der Waals surface area contributed by atoms with Gasteiger partial charge in [-0.1, -0.05) is 6.42 Å². The summed E-state index contributed by atoms with van der Waals surface area (Å²) in [5.41, 5.74) is 0. The summed E-state index contributed by atoms with van der Waals surface area (Å²) in [6.07, 6.45) is -0.890. The van der Waals surface area contributed by atoms with E-state index in [0.717, 1.165) is 26.1 Å². The Morgan fingerprint density at radius 2 is 1.75 bits per heavy atom. The maximum absolute atomic E-state index is 13.5. The van der Waals surface area contributed by atoms with Crippen molar-refractivity contribution in [1.82, 2.24) is 10.2 Å². The van der Waals surface area contributed by atoms with Gasteiger partial charge >= 0.3 is 12.1 Å². The maximum Gasteiger partial charge on any atom is 0.490 e. The van der Waals surface area contributed by atoms with Crippen molar-refractivity contribution in [1.29, 1.82) is 0 Å². The predicted molar refractivity (Wildman–Crippen MR) is 65.3 cm³/mol. The minimum Gasteiger partial charge on any atom is -0.475 e. The van der Waals surface area contributed by atoms with Crippen molar-refractivity contribution in [3.63, 3.8) is 0 Å². The van der Waals surface area contributed by atoms with E-state index >= 15 is 0 Å². The number of carboxylic acid groups (broad SMARTS) is 1. The van der Waals surface area contributed by atoms with Crippen molar-refractivity contribution >= 4 is 5.97 Å². The molecule has 4 nitrogen and oxygen atoms in total. The van der Waals surface area contributed by atoms with Crippen LogP contribution >= 0.6 is 0 Å². The van der Waals surface area contributed by atoms with Crippen molar-refractivity contribution in [2.45, 2.75) is 44.1 Å². The number of hydrogen-bond donors (Lipinski definition) is 2. The van der Waals surface area contributed by atoms with Crippen LogP contribution in [0.4, 0.5) is 17.6 Å². The van der Waals surface area contributed by atoms with Gasteiger partial charge in [-0.15, -0.1) is 0 Å². The first-order valence-corrected chi connectivity index (χ1v) is 6.71. The molecule has 0 aromatic carbocycles. The van der Waals surface area contributed by atoms with Gasteiger partial charge in [0.05, 0.1) is 0 Å². The van der Waals surface area contributed by atoms with E-state index in [1.165, 1.54) is 19.3 Å². The largest absolute Gasteiger partial charge is 0.490 e. The molecule has 0 aromatic rings. The summed E-state index contributed by atoms with van der Waals surface area (Å²) in [6.45, 7) is 3.78. The van der Waals surface area contributed by atoms with Crippen molar-refractivity contribution in [3.05, 3.63) is 0 Å². The molecule has 0 saturated carbocycles. The molecule has 2 aliphatic heterocycles. The van der Waals surface area contributed by atoms with Crippen LogP contribution in [-0.2, 0) is 4.79 Å². The fourth-order valence-corrected chi connectivity index (χ4v) is 2.47. The van der Waals surface area contributed by atoms with Crippen molar-refractivity contribution < 1.29 is 27.5 Å². The zero-order chi connectivity index (χ0) is 15.2. The molecule has 2 aliphatic rings. The van der Waals surface area contributed by atoms with Gasteiger partial charge in [0, 0.05) is 12.6 Å². The van der Waals surface area contributed by atoms with Crippen LogP contribution in [0.1, 0.15) is 25.7 Å². The zero-order valence-corrected chi connectivity index (χ0v) is 11.1. The van der Waals surface area contributed by atoms with E-state index in [-0.39, 0.29) is 6.04 Å². The molecule has 2 saturated heterocycles. The molecule has 2 rings (SSSR count). The summed E-state index contributed by atoms with van der Waals surface area (Å²) in [5.74, 6) is -2.76. The number of carboxylic acids is 1. The van der Waals surface area contributed by atoms with E-state index in [1.54, 1.807) is 0 Å². The Kier molecular flexibility index (Phi) is 6.67. The van der Waals surface area contributed by atoms with Crippen molar-refractivity contribution in [3.8, 4) is 0 Å². The molecular formula is C12H20F4N2O2. The normalized spacial score (nSPS) is 28.4. The number of rotatable bonds is 1. The molecule has 0 bridgehead atoms. The molecule has 0 spiro atoms. The molecule has 2 heterocycles. The summed E-state index contributed by atoms with van der Waals surface area (Å²) in [6, 6.07) is 0.210. The highest BCUT2D eigenvalue weighted by molar-refractivity contribution is 5.73. The highest BCUT2D eigenvalue weighted by atomic mass is 19.4. The number of piperidine rings is 2. The number of carbonyl (C=O) groups is 1. The minimum absolute atomic E-state index is 0.210. The lowest BCUT2D eigenvalue weighted by molar-refractivity contribution is -0.192. The summed E-state index contributed by atoms with van der Waals surface area (Å²) in [7, 11) is 0. The van der Waals surface area contributed by atoms with Gasteiger partial charge in [-0.25, -0.2) is 9.18 Å². The number of nitrogens with zero attached hydrogens (tertiary/aromatic N) is 1. The van der Waals surface area contributed by atoms with Crippen LogP contribution in [0.25, 0.3) is 0 Å². The Morgan fingerprint density at radius 3 is 2.20 bits per heavy atom. The van der Waals surface area contributed by atoms with Crippen molar-refractivity contribution in [2.24, 2.45) is 0 Å². The van der Waals surface area contributed by atoms with Gasteiger partial charge in [-0.05, 0) is 38.9 Å². The third-order valence-electron chi connectivity index (χ3n) is 3.48. The molecule has 0 amide bonds. The lowest BCUT2D eigenvalue weighted by atomic mass is 10.00.